The average molecular weight is 463 g/mol. The third kappa shape index (κ3) is 4.77. The van der Waals surface area contributed by atoms with Crippen molar-refractivity contribution >= 4 is 6.08 Å². The molecule has 3 aliphatic rings. The fraction of sp³-hybridized carbons (Fsp3) is 0.429. The first-order chi connectivity index (χ1) is 16.8. The van der Waals surface area contributed by atoms with Crippen molar-refractivity contribution < 1.29 is 0 Å². The quantitative estimate of drug-likeness (QED) is 0.388. The number of aryl methyl sites for hydroxylation is 2. The molecule has 2 unspecified atom stereocenters. The lowest BCUT2D eigenvalue weighted by molar-refractivity contribution is 0.356. The lowest BCUT2D eigenvalue weighted by Crippen LogP contribution is -2.18. The smallest absolute Gasteiger partial charge is 0.00853 e. The summed E-state index contributed by atoms with van der Waals surface area (Å²) in [6.07, 6.45) is 15.1. The molecule has 35 heavy (non-hydrogen) atoms. The van der Waals surface area contributed by atoms with Crippen LogP contribution in [0.25, 0.3) is 17.2 Å². The van der Waals surface area contributed by atoms with E-state index in [4.69, 9.17) is 0 Å². The van der Waals surface area contributed by atoms with E-state index in [-0.39, 0.29) is 0 Å². The Bertz CT molecular complexity index is 1220. The van der Waals surface area contributed by atoms with Crippen LogP contribution in [0, 0.1) is 31.6 Å². The Hall–Kier alpha value is -2.60. The van der Waals surface area contributed by atoms with E-state index in [0.29, 0.717) is 11.8 Å². The minimum Gasteiger partial charge on any atom is -0.0986 e. The molecule has 0 heterocycles. The van der Waals surface area contributed by atoms with Crippen LogP contribution in [0.1, 0.15) is 80.2 Å². The number of hydrogen-bond donors (Lipinski definition) is 0. The van der Waals surface area contributed by atoms with E-state index in [1.165, 1.54) is 94.2 Å². The fourth-order valence-electron chi connectivity index (χ4n) is 6.93. The molecular formula is C35H42. The average Bonchev–Trinajstić information content (AvgIpc) is 3.25. The van der Waals surface area contributed by atoms with Gasteiger partial charge < -0.3 is 0 Å². The van der Waals surface area contributed by atoms with Crippen molar-refractivity contribution in [3.8, 4) is 11.1 Å². The minimum absolute atomic E-state index is 0.363. The predicted molar refractivity (Wildman–Crippen MR) is 153 cm³/mol. The van der Waals surface area contributed by atoms with Crippen molar-refractivity contribution in [3.63, 3.8) is 0 Å². The summed E-state index contributed by atoms with van der Waals surface area (Å²) >= 11 is 0. The summed E-state index contributed by atoms with van der Waals surface area (Å²) in [4.78, 5) is 0. The molecule has 0 N–H and O–H groups in total. The van der Waals surface area contributed by atoms with Gasteiger partial charge in [-0.25, -0.2) is 0 Å². The maximum Gasteiger partial charge on any atom is 0.00853 e. The molecule has 0 spiro atoms. The highest BCUT2D eigenvalue weighted by Gasteiger charge is 2.28. The highest BCUT2D eigenvalue weighted by Crippen LogP contribution is 2.44. The van der Waals surface area contributed by atoms with Crippen LogP contribution in [-0.4, -0.2) is 0 Å². The summed E-state index contributed by atoms with van der Waals surface area (Å²) in [6, 6.07) is 11.8. The molecule has 0 heteroatoms. The van der Waals surface area contributed by atoms with Gasteiger partial charge in [-0.2, -0.15) is 0 Å². The normalized spacial score (nSPS) is 22.7. The molecule has 0 radical (unpaired) electrons. The highest BCUT2D eigenvalue weighted by molar-refractivity contribution is 5.80. The first-order valence-electron chi connectivity index (χ1n) is 13.8. The molecule has 2 atom stereocenters. The van der Waals surface area contributed by atoms with Gasteiger partial charge in [0.25, 0.3) is 0 Å². The highest BCUT2D eigenvalue weighted by atomic mass is 14.3. The predicted octanol–water partition coefficient (Wildman–Crippen LogP) is 9.75. The van der Waals surface area contributed by atoms with E-state index in [1.54, 1.807) is 5.56 Å². The van der Waals surface area contributed by atoms with Gasteiger partial charge in [-0.05, 0) is 90.8 Å². The van der Waals surface area contributed by atoms with E-state index < -0.39 is 0 Å². The van der Waals surface area contributed by atoms with Crippen LogP contribution in [0.5, 0.6) is 0 Å². The van der Waals surface area contributed by atoms with Gasteiger partial charge in [-0.3, -0.25) is 0 Å². The van der Waals surface area contributed by atoms with Crippen molar-refractivity contribution in [1.82, 2.24) is 0 Å². The molecule has 3 aliphatic carbocycles. The van der Waals surface area contributed by atoms with Crippen LogP contribution in [0.2, 0.25) is 0 Å². The van der Waals surface area contributed by atoms with Crippen molar-refractivity contribution in [2.75, 3.05) is 0 Å². The Morgan fingerprint density at radius 1 is 0.914 bits per heavy atom. The largest absolute Gasteiger partial charge is 0.0986 e. The van der Waals surface area contributed by atoms with E-state index in [0.717, 1.165) is 18.8 Å². The fourth-order valence-corrected chi connectivity index (χ4v) is 6.93. The second kappa shape index (κ2) is 9.81. The van der Waals surface area contributed by atoms with Gasteiger partial charge in [0.05, 0.1) is 0 Å². The van der Waals surface area contributed by atoms with Crippen molar-refractivity contribution in [1.29, 1.82) is 0 Å². The third-order valence-electron chi connectivity index (χ3n) is 9.03. The molecule has 1 fully saturated rings. The summed E-state index contributed by atoms with van der Waals surface area (Å²) in [5, 5.41) is 0. The summed E-state index contributed by atoms with van der Waals surface area (Å²) in [5.41, 5.74) is 15.8. The number of rotatable bonds is 5. The molecule has 0 aromatic heterocycles. The second-order valence-electron chi connectivity index (χ2n) is 11.7. The molecule has 0 bridgehead atoms. The van der Waals surface area contributed by atoms with E-state index in [9.17, 15) is 0 Å². The topological polar surface area (TPSA) is 0 Å². The van der Waals surface area contributed by atoms with Crippen LogP contribution in [0.15, 0.2) is 71.9 Å². The van der Waals surface area contributed by atoms with Crippen molar-refractivity contribution in [3.05, 3.63) is 99.7 Å². The molecule has 2 aromatic carbocycles. The van der Waals surface area contributed by atoms with Gasteiger partial charge in [0.2, 0.25) is 0 Å². The van der Waals surface area contributed by atoms with Crippen LogP contribution in [0.3, 0.4) is 0 Å². The lowest BCUT2D eigenvalue weighted by atomic mass is 9.74. The monoisotopic (exact) mass is 462 g/mol. The molecule has 0 amide bonds. The lowest BCUT2D eigenvalue weighted by Gasteiger charge is -2.31. The summed E-state index contributed by atoms with van der Waals surface area (Å²) in [6.45, 7) is 18.0. The molecule has 1 saturated carbocycles. The molecule has 182 valence electrons. The van der Waals surface area contributed by atoms with Crippen LogP contribution >= 0.6 is 0 Å². The summed E-state index contributed by atoms with van der Waals surface area (Å²) in [7, 11) is 0. The first kappa shape index (κ1) is 24.1. The van der Waals surface area contributed by atoms with Gasteiger partial charge in [-0.1, -0.05) is 117 Å². The number of fused-ring (bicyclic) bond motifs is 1. The van der Waals surface area contributed by atoms with E-state index in [1.807, 2.05) is 0 Å². The number of allylic oxidation sites excluding steroid dienone is 5. The Labute approximate surface area is 213 Å². The zero-order valence-corrected chi connectivity index (χ0v) is 22.3. The van der Waals surface area contributed by atoms with Gasteiger partial charge in [-0.15, -0.1) is 0 Å². The number of hydrogen-bond acceptors (Lipinski definition) is 0. The molecular weight excluding hydrogens is 420 g/mol. The molecule has 0 saturated heterocycles. The van der Waals surface area contributed by atoms with Crippen molar-refractivity contribution in [2.45, 2.75) is 79.1 Å². The Kier molecular flexibility index (Phi) is 6.75. The van der Waals surface area contributed by atoms with Gasteiger partial charge in [0.15, 0.2) is 0 Å². The van der Waals surface area contributed by atoms with Crippen molar-refractivity contribution in [2.24, 2.45) is 17.8 Å². The first-order valence-corrected chi connectivity index (χ1v) is 13.8. The van der Waals surface area contributed by atoms with E-state index in [2.05, 4.69) is 83.3 Å². The molecule has 2 aromatic rings. The summed E-state index contributed by atoms with van der Waals surface area (Å²) in [5.74, 6) is 1.64. The standard InChI is InChI=1S/C35H42/c1-22-15-25(4)32(19-28-11-8-7-9-12-28)35(16-22)31-14-10-13-30-18-29(21-34(30)31)20-33-26(5)23(2)17-24(3)27(33)6/h10,13-18,23,28,33H,5-9,11-12,19-21H2,1-4H3. The zero-order valence-electron chi connectivity index (χ0n) is 22.3. The minimum atomic E-state index is 0.363. The van der Waals surface area contributed by atoms with Gasteiger partial charge in [0, 0.05) is 5.92 Å². The Morgan fingerprint density at radius 3 is 2.46 bits per heavy atom. The zero-order chi connectivity index (χ0) is 24.7. The Morgan fingerprint density at radius 2 is 1.69 bits per heavy atom. The third-order valence-corrected chi connectivity index (χ3v) is 9.03. The Balaban J connectivity index is 1.45. The summed E-state index contributed by atoms with van der Waals surface area (Å²) < 4.78 is 0. The molecule has 0 nitrogen and oxygen atoms in total. The van der Waals surface area contributed by atoms with E-state index >= 15 is 0 Å². The van der Waals surface area contributed by atoms with Gasteiger partial charge in [0.1, 0.15) is 0 Å². The SMILES string of the molecule is C=C1C(C)=CC(C)C(=C)C1CC1=Cc2cccc(-c3cc(C)cc(C)c3CC3CCCCC3)c2C1. The molecule has 5 rings (SSSR count). The van der Waals surface area contributed by atoms with Crippen LogP contribution in [0.4, 0.5) is 0 Å². The van der Waals surface area contributed by atoms with Crippen LogP contribution in [-0.2, 0) is 12.8 Å². The maximum atomic E-state index is 4.47. The van der Waals surface area contributed by atoms with Crippen LogP contribution < -0.4 is 0 Å². The molecule has 0 aliphatic heterocycles. The maximum absolute atomic E-state index is 4.47. The number of benzene rings is 2. The second-order valence-corrected chi connectivity index (χ2v) is 11.7. The van der Waals surface area contributed by atoms with Gasteiger partial charge >= 0.3 is 0 Å².